The maximum Gasteiger partial charge on any atom is 0.289 e. The Morgan fingerprint density at radius 1 is 1.16 bits per heavy atom. The smallest absolute Gasteiger partial charge is 0.289 e. The van der Waals surface area contributed by atoms with Crippen LogP contribution < -0.4 is 4.74 Å². The van der Waals surface area contributed by atoms with E-state index in [1.54, 1.807) is 17.0 Å². The highest BCUT2D eigenvalue weighted by molar-refractivity contribution is 5.91. The van der Waals surface area contributed by atoms with Crippen LogP contribution in [0.15, 0.2) is 59.0 Å². The highest BCUT2D eigenvalue weighted by Gasteiger charge is 2.27. The zero-order valence-corrected chi connectivity index (χ0v) is 13.7. The third kappa shape index (κ3) is 3.37. The summed E-state index contributed by atoms with van der Waals surface area (Å²) in [5.74, 6) is 1.45. The Kier molecular flexibility index (Phi) is 4.15. The molecular weight excluding hydrogens is 318 g/mol. The summed E-state index contributed by atoms with van der Waals surface area (Å²) in [5.41, 5.74) is 0. The number of amides is 1. The summed E-state index contributed by atoms with van der Waals surface area (Å²) in [7, 11) is 0. The van der Waals surface area contributed by atoms with Crippen molar-refractivity contribution in [3.63, 3.8) is 0 Å². The molecule has 0 saturated carbocycles. The number of nitrogens with zero attached hydrogens (tertiary/aromatic N) is 1. The van der Waals surface area contributed by atoms with E-state index in [9.17, 15) is 9.90 Å². The number of aliphatic hydroxyl groups is 1. The van der Waals surface area contributed by atoms with Gasteiger partial charge in [-0.25, -0.2) is 0 Å². The maximum absolute atomic E-state index is 12.3. The molecule has 2 heterocycles. The monoisotopic (exact) mass is 337 g/mol. The Balaban J connectivity index is 1.41. The first-order chi connectivity index (χ1) is 12.2. The molecule has 0 spiro atoms. The molecule has 1 aliphatic heterocycles. The number of carbonyl (C=O) groups excluding carboxylic acids is 1. The second-order valence-electron chi connectivity index (χ2n) is 6.26. The predicted octanol–water partition coefficient (Wildman–Crippen LogP) is 3.22. The number of ether oxygens (including phenoxy) is 1. The normalized spacial score (nSPS) is 17.2. The zero-order chi connectivity index (χ0) is 17.2. The molecule has 1 N–H and O–H groups in total. The molecule has 1 fully saturated rings. The van der Waals surface area contributed by atoms with Crippen molar-refractivity contribution < 1.29 is 19.1 Å². The summed E-state index contributed by atoms with van der Waals surface area (Å²) in [5, 5.41) is 11.8. The first-order valence-electron chi connectivity index (χ1n) is 8.37. The van der Waals surface area contributed by atoms with Crippen molar-refractivity contribution in [1.82, 2.24) is 4.90 Å². The summed E-state index contributed by atoms with van der Waals surface area (Å²) in [4.78, 5) is 13.9. The molecule has 1 aliphatic rings. The molecule has 4 rings (SSSR count). The summed E-state index contributed by atoms with van der Waals surface area (Å²) in [6, 6.07) is 17.4. The number of rotatable bonds is 4. The van der Waals surface area contributed by atoms with Crippen molar-refractivity contribution in [3.8, 4) is 5.75 Å². The van der Waals surface area contributed by atoms with Gasteiger partial charge >= 0.3 is 0 Å². The maximum atomic E-state index is 12.3. The van der Waals surface area contributed by atoms with Gasteiger partial charge in [0.15, 0.2) is 5.76 Å². The number of benzene rings is 2. The van der Waals surface area contributed by atoms with Crippen LogP contribution in [0.25, 0.3) is 10.8 Å². The Morgan fingerprint density at radius 3 is 2.80 bits per heavy atom. The highest BCUT2D eigenvalue weighted by Crippen LogP contribution is 2.22. The van der Waals surface area contributed by atoms with Gasteiger partial charge in [-0.05, 0) is 41.5 Å². The lowest BCUT2D eigenvalue weighted by Crippen LogP contribution is -2.29. The minimum Gasteiger partial charge on any atom is -0.486 e. The van der Waals surface area contributed by atoms with E-state index in [0.717, 1.165) is 16.5 Å². The van der Waals surface area contributed by atoms with Gasteiger partial charge in [0.1, 0.15) is 18.1 Å². The average Bonchev–Trinajstić information content (AvgIpc) is 3.28. The molecule has 5 heteroatoms. The second kappa shape index (κ2) is 6.61. The third-order valence-corrected chi connectivity index (χ3v) is 4.43. The van der Waals surface area contributed by atoms with Crippen molar-refractivity contribution in [1.29, 1.82) is 0 Å². The standard InChI is InChI=1S/C20H19NO4/c22-16-9-10-21(12-16)20(23)19-8-7-18(25-19)13-24-17-6-5-14-3-1-2-4-15(14)11-17/h1-8,11,16,22H,9-10,12-13H2/t16-/m1/s1. The lowest BCUT2D eigenvalue weighted by atomic mass is 10.1. The molecule has 5 nitrogen and oxygen atoms in total. The summed E-state index contributed by atoms with van der Waals surface area (Å²) >= 11 is 0. The van der Waals surface area contributed by atoms with E-state index in [1.807, 2.05) is 36.4 Å². The minimum absolute atomic E-state index is 0.187. The fraction of sp³-hybridized carbons (Fsp3) is 0.250. The fourth-order valence-electron chi connectivity index (χ4n) is 3.06. The molecule has 1 saturated heterocycles. The molecule has 25 heavy (non-hydrogen) atoms. The summed E-state index contributed by atoms with van der Waals surface area (Å²) in [6.45, 7) is 1.18. The zero-order valence-electron chi connectivity index (χ0n) is 13.7. The summed E-state index contributed by atoms with van der Waals surface area (Å²) in [6.07, 6.45) is 0.180. The quantitative estimate of drug-likeness (QED) is 0.794. The van der Waals surface area contributed by atoms with Crippen molar-refractivity contribution in [2.45, 2.75) is 19.1 Å². The van der Waals surface area contributed by atoms with E-state index >= 15 is 0 Å². The minimum atomic E-state index is -0.436. The largest absolute Gasteiger partial charge is 0.486 e. The van der Waals surface area contributed by atoms with Gasteiger partial charge in [-0.3, -0.25) is 4.79 Å². The van der Waals surface area contributed by atoms with Crippen molar-refractivity contribution >= 4 is 16.7 Å². The van der Waals surface area contributed by atoms with Crippen LogP contribution in [0.5, 0.6) is 5.75 Å². The topological polar surface area (TPSA) is 62.9 Å². The van der Waals surface area contributed by atoms with Gasteiger partial charge in [0.25, 0.3) is 5.91 Å². The first-order valence-corrected chi connectivity index (χ1v) is 8.37. The molecule has 128 valence electrons. The van der Waals surface area contributed by atoms with E-state index in [1.165, 1.54) is 0 Å². The molecule has 1 atom stereocenters. The van der Waals surface area contributed by atoms with E-state index < -0.39 is 6.10 Å². The average molecular weight is 337 g/mol. The van der Waals surface area contributed by atoms with E-state index in [-0.39, 0.29) is 18.3 Å². The van der Waals surface area contributed by atoms with Gasteiger partial charge in [-0.15, -0.1) is 0 Å². The molecule has 0 bridgehead atoms. The lowest BCUT2D eigenvalue weighted by Gasteiger charge is -2.13. The molecule has 1 amide bonds. The highest BCUT2D eigenvalue weighted by atomic mass is 16.5. The van der Waals surface area contributed by atoms with Gasteiger partial charge < -0.3 is 19.2 Å². The van der Waals surface area contributed by atoms with Crippen LogP contribution >= 0.6 is 0 Å². The van der Waals surface area contributed by atoms with Crippen LogP contribution in [0.2, 0.25) is 0 Å². The van der Waals surface area contributed by atoms with E-state index in [0.29, 0.717) is 25.3 Å². The Morgan fingerprint density at radius 2 is 2.00 bits per heavy atom. The van der Waals surface area contributed by atoms with Crippen molar-refractivity contribution in [2.75, 3.05) is 13.1 Å². The molecule has 2 aromatic carbocycles. The number of fused-ring (bicyclic) bond motifs is 1. The number of likely N-dealkylation sites (tertiary alicyclic amines) is 1. The number of carbonyl (C=O) groups is 1. The van der Waals surface area contributed by atoms with Crippen LogP contribution in [-0.2, 0) is 6.61 Å². The van der Waals surface area contributed by atoms with Gasteiger partial charge in [0, 0.05) is 13.1 Å². The molecule has 0 radical (unpaired) electrons. The summed E-state index contributed by atoms with van der Waals surface area (Å²) < 4.78 is 11.4. The molecule has 0 aliphatic carbocycles. The number of furan rings is 1. The van der Waals surface area contributed by atoms with Crippen LogP contribution in [0.1, 0.15) is 22.7 Å². The Hall–Kier alpha value is -2.79. The SMILES string of the molecule is O=C(c1ccc(COc2ccc3ccccc3c2)o1)N1CC[C@@H](O)C1. The molecule has 3 aromatic rings. The Labute approximate surface area is 145 Å². The van der Waals surface area contributed by atoms with Crippen LogP contribution in [0.4, 0.5) is 0 Å². The molecule has 0 unspecified atom stereocenters. The van der Waals surface area contributed by atoms with Gasteiger partial charge in [0.05, 0.1) is 6.10 Å². The Bertz CT molecular complexity index is 901. The fourth-order valence-corrected chi connectivity index (χ4v) is 3.06. The molecular formula is C20H19NO4. The number of β-amino-alcohol motifs (C(OH)–C–C–N with tert-alkyl or cyclic N) is 1. The van der Waals surface area contributed by atoms with Crippen LogP contribution in [-0.4, -0.2) is 35.1 Å². The van der Waals surface area contributed by atoms with E-state index in [2.05, 4.69) is 6.07 Å². The van der Waals surface area contributed by atoms with Gasteiger partial charge in [-0.1, -0.05) is 30.3 Å². The lowest BCUT2D eigenvalue weighted by molar-refractivity contribution is 0.0729. The number of hydrogen-bond donors (Lipinski definition) is 1. The van der Waals surface area contributed by atoms with Crippen LogP contribution in [0, 0.1) is 0 Å². The van der Waals surface area contributed by atoms with Gasteiger partial charge in [0.2, 0.25) is 0 Å². The third-order valence-electron chi connectivity index (χ3n) is 4.43. The number of aliphatic hydroxyl groups excluding tert-OH is 1. The van der Waals surface area contributed by atoms with Gasteiger partial charge in [-0.2, -0.15) is 0 Å². The second-order valence-corrected chi connectivity index (χ2v) is 6.26. The first kappa shape index (κ1) is 15.7. The van der Waals surface area contributed by atoms with Crippen molar-refractivity contribution in [3.05, 3.63) is 66.1 Å². The molecule has 1 aromatic heterocycles. The van der Waals surface area contributed by atoms with E-state index in [4.69, 9.17) is 9.15 Å². The van der Waals surface area contributed by atoms with Crippen LogP contribution in [0.3, 0.4) is 0 Å². The predicted molar refractivity (Wildman–Crippen MR) is 93.5 cm³/mol. The van der Waals surface area contributed by atoms with Crippen molar-refractivity contribution in [2.24, 2.45) is 0 Å². The number of hydrogen-bond acceptors (Lipinski definition) is 4.